The Labute approximate surface area is 121 Å². The van der Waals surface area contributed by atoms with Crippen LogP contribution in [0.3, 0.4) is 0 Å². The van der Waals surface area contributed by atoms with Crippen LogP contribution in [-0.4, -0.2) is 15.2 Å². The maximum absolute atomic E-state index is 13.2. The number of nitrogens with one attached hydrogen (secondary N) is 1. The van der Waals surface area contributed by atoms with E-state index in [1.54, 1.807) is 0 Å². The van der Waals surface area contributed by atoms with Crippen LogP contribution in [0.2, 0.25) is 0 Å². The minimum absolute atomic E-state index is 0.186. The first-order valence-corrected chi connectivity index (χ1v) is 8.07. The van der Waals surface area contributed by atoms with E-state index in [0.29, 0.717) is 27.7 Å². The van der Waals surface area contributed by atoms with Gasteiger partial charge in [0.25, 0.3) is 5.56 Å². The zero-order valence-electron chi connectivity index (χ0n) is 11.2. The largest absolute Gasteiger partial charge is 0.309 e. The van der Waals surface area contributed by atoms with Gasteiger partial charge in [-0.25, -0.2) is 9.37 Å². The lowest BCUT2D eigenvalue weighted by Gasteiger charge is -2.20. The van der Waals surface area contributed by atoms with Crippen molar-refractivity contribution in [2.75, 3.05) is 0 Å². The van der Waals surface area contributed by atoms with Crippen LogP contribution < -0.4 is 5.56 Å². The maximum atomic E-state index is 13.2. The lowest BCUT2D eigenvalue weighted by molar-refractivity contribution is 0.516. The van der Waals surface area contributed by atoms with Gasteiger partial charge in [0.05, 0.1) is 16.7 Å². The number of aromatic nitrogens is 2. The molecule has 1 aliphatic carbocycles. The SMILES string of the molecule is O=c1[nH]c(CSC2CCCCC2)nc2cc(F)ccc12. The number of halogens is 1. The molecule has 0 unspecified atom stereocenters. The molecule has 0 bridgehead atoms. The zero-order valence-corrected chi connectivity index (χ0v) is 12.0. The normalized spacial score (nSPS) is 16.6. The molecular weight excluding hydrogens is 275 g/mol. The molecule has 0 radical (unpaired) electrons. The third-order valence-electron chi connectivity index (χ3n) is 3.73. The highest BCUT2D eigenvalue weighted by Gasteiger charge is 2.14. The summed E-state index contributed by atoms with van der Waals surface area (Å²) in [6, 6.07) is 4.09. The Hall–Kier alpha value is -1.36. The van der Waals surface area contributed by atoms with Crippen LogP contribution in [0.25, 0.3) is 10.9 Å². The number of fused-ring (bicyclic) bond motifs is 1. The third kappa shape index (κ3) is 3.03. The van der Waals surface area contributed by atoms with Gasteiger partial charge in [-0.05, 0) is 25.0 Å². The van der Waals surface area contributed by atoms with Crippen molar-refractivity contribution in [3.63, 3.8) is 0 Å². The summed E-state index contributed by atoms with van der Waals surface area (Å²) >= 11 is 1.85. The van der Waals surface area contributed by atoms with E-state index in [1.165, 1.54) is 50.3 Å². The van der Waals surface area contributed by atoms with Crippen molar-refractivity contribution in [2.24, 2.45) is 0 Å². The average Bonchev–Trinajstić information content (AvgIpc) is 2.46. The molecule has 1 N–H and O–H groups in total. The van der Waals surface area contributed by atoms with Gasteiger partial charge in [0.2, 0.25) is 0 Å². The van der Waals surface area contributed by atoms with Gasteiger partial charge in [0, 0.05) is 11.3 Å². The third-order valence-corrected chi connectivity index (χ3v) is 5.11. The molecule has 1 aromatic carbocycles. The molecule has 0 aliphatic heterocycles. The molecule has 1 aromatic heterocycles. The van der Waals surface area contributed by atoms with Crippen LogP contribution in [-0.2, 0) is 5.75 Å². The monoisotopic (exact) mass is 292 g/mol. The summed E-state index contributed by atoms with van der Waals surface area (Å²) in [5.41, 5.74) is 0.252. The summed E-state index contributed by atoms with van der Waals surface area (Å²) in [6.45, 7) is 0. The fraction of sp³-hybridized carbons (Fsp3) is 0.467. The lowest BCUT2D eigenvalue weighted by atomic mass is 10.0. The first kappa shape index (κ1) is 13.6. The molecule has 0 saturated heterocycles. The number of benzene rings is 1. The predicted octanol–water partition coefficient (Wildman–Crippen LogP) is 3.63. The molecule has 0 atom stereocenters. The topological polar surface area (TPSA) is 45.8 Å². The molecule has 1 aliphatic rings. The standard InChI is InChI=1S/C15H17FN2OS/c16-10-6-7-12-13(8-10)17-14(18-15(12)19)9-20-11-4-2-1-3-5-11/h6-8,11H,1-5,9H2,(H,17,18,19). The van der Waals surface area contributed by atoms with Crippen molar-refractivity contribution in [1.82, 2.24) is 9.97 Å². The number of H-pyrrole nitrogens is 1. The van der Waals surface area contributed by atoms with Crippen LogP contribution in [0.15, 0.2) is 23.0 Å². The highest BCUT2D eigenvalue weighted by atomic mass is 32.2. The van der Waals surface area contributed by atoms with Crippen molar-refractivity contribution >= 4 is 22.7 Å². The summed E-state index contributed by atoms with van der Waals surface area (Å²) in [5, 5.41) is 1.11. The van der Waals surface area contributed by atoms with E-state index >= 15 is 0 Å². The average molecular weight is 292 g/mol. The fourth-order valence-electron chi connectivity index (χ4n) is 2.66. The first-order chi connectivity index (χ1) is 9.72. The smallest absolute Gasteiger partial charge is 0.258 e. The van der Waals surface area contributed by atoms with E-state index in [9.17, 15) is 9.18 Å². The summed E-state index contributed by atoms with van der Waals surface area (Å²) in [7, 11) is 0. The Morgan fingerprint density at radius 1 is 1.30 bits per heavy atom. The molecule has 5 heteroatoms. The molecule has 2 aromatic rings. The number of hydrogen-bond donors (Lipinski definition) is 1. The van der Waals surface area contributed by atoms with Gasteiger partial charge in [0.1, 0.15) is 11.6 Å². The molecule has 1 saturated carbocycles. The van der Waals surface area contributed by atoms with Gasteiger partial charge < -0.3 is 4.98 Å². The molecular formula is C15H17FN2OS. The van der Waals surface area contributed by atoms with Crippen molar-refractivity contribution in [1.29, 1.82) is 0 Å². The Morgan fingerprint density at radius 3 is 2.90 bits per heavy atom. The van der Waals surface area contributed by atoms with Crippen molar-refractivity contribution < 1.29 is 4.39 Å². The maximum Gasteiger partial charge on any atom is 0.258 e. The van der Waals surface area contributed by atoms with Gasteiger partial charge in [0.15, 0.2) is 0 Å². The lowest BCUT2D eigenvalue weighted by Crippen LogP contribution is -2.13. The van der Waals surface area contributed by atoms with Gasteiger partial charge in [-0.2, -0.15) is 11.8 Å². The van der Waals surface area contributed by atoms with Crippen molar-refractivity contribution in [3.8, 4) is 0 Å². The number of aromatic amines is 1. The number of nitrogens with zero attached hydrogens (tertiary/aromatic N) is 1. The van der Waals surface area contributed by atoms with E-state index in [1.807, 2.05) is 11.8 Å². The van der Waals surface area contributed by atoms with Crippen molar-refractivity contribution in [2.45, 2.75) is 43.1 Å². The molecule has 106 valence electrons. The van der Waals surface area contributed by atoms with Gasteiger partial charge in [-0.3, -0.25) is 4.79 Å². The molecule has 3 rings (SSSR count). The summed E-state index contributed by atoms with van der Waals surface area (Å²) in [4.78, 5) is 19.1. The Morgan fingerprint density at radius 2 is 2.10 bits per heavy atom. The number of rotatable bonds is 3. The number of hydrogen-bond acceptors (Lipinski definition) is 3. The zero-order chi connectivity index (χ0) is 13.9. The van der Waals surface area contributed by atoms with Gasteiger partial charge in [-0.15, -0.1) is 0 Å². The first-order valence-electron chi connectivity index (χ1n) is 7.02. The predicted molar refractivity (Wildman–Crippen MR) is 80.5 cm³/mol. The minimum Gasteiger partial charge on any atom is -0.309 e. The van der Waals surface area contributed by atoms with E-state index in [0.717, 1.165) is 0 Å². The van der Waals surface area contributed by atoms with Crippen LogP contribution in [0.1, 0.15) is 37.9 Å². The van der Waals surface area contributed by atoms with Crippen LogP contribution in [0, 0.1) is 5.82 Å². The molecule has 1 heterocycles. The van der Waals surface area contributed by atoms with E-state index in [-0.39, 0.29) is 11.4 Å². The highest BCUT2D eigenvalue weighted by molar-refractivity contribution is 7.99. The summed E-state index contributed by atoms with van der Waals surface area (Å²) in [5.74, 6) is 0.969. The van der Waals surface area contributed by atoms with Crippen LogP contribution in [0.4, 0.5) is 4.39 Å². The van der Waals surface area contributed by atoms with E-state index < -0.39 is 0 Å². The Balaban J connectivity index is 1.79. The quantitative estimate of drug-likeness (QED) is 0.939. The molecule has 0 spiro atoms. The fourth-order valence-corrected chi connectivity index (χ4v) is 3.85. The molecule has 20 heavy (non-hydrogen) atoms. The summed E-state index contributed by atoms with van der Waals surface area (Å²) < 4.78 is 13.2. The molecule has 0 amide bonds. The highest BCUT2D eigenvalue weighted by Crippen LogP contribution is 2.29. The van der Waals surface area contributed by atoms with Crippen LogP contribution in [0.5, 0.6) is 0 Å². The Bertz CT molecular complexity index is 664. The second kappa shape index (κ2) is 5.95. The molecule has 1 fully saturated rings. The van der Waals surface area contributed by atoms with Gasteiger partial charge >= 0.3 is 0 Å². The van der Waals surface area contributed by atoms with Crippen LogP contribution >= 0.6 is 11.8 Å². The van der Waals surface area contributed by atoms with E-state index in [2.05, 4.69) is 9.97 Å². The second-order valence-electron chi connectivity index (χ2n) is 5.25. The van der Waals surface area contributed by atoms with E-state index in [4.69, 9.17) is 0 Å². The van der Waals surface area contributed by atoms with Gasteiger partial charge in [-0.1, -0.05) is 19.3 Å². The minimum atomic E-state index is -0.360. The molecule has 3 nitrogen and oxygen atoms in total. The Kier molecular flexibility index (Phi) is 4.05. The van der Waals surface area contributed by atoms with Crippen molar-refractivity contribution in [3.05, 3.63) is 40.2 Å². The second-order valence-corrected chi connectivity index (χ2v) is 6.53. The summed E-state index contributed by atoms with van der Waals surface area (Å²) in [6.07, 6.45) is 6.42. The number of thioether (sulfide) groups is 1.